The highest BCUT2D eigenvalue weighted by Gasteiger charge is 2.12. The first-order chi connectivity index (χ1) is 6.76. The zero-order chi connectivity index (χ0) is 10.6. The predicted octanol–water partition coefficient (Wildman–Crippen LogP) is 1.92. The highest BCUT2D eigenvalue weighted by Crippen LogP contribution is 2.15. The summed E-state index contributed by atoms with van der Waals surface area (Å²) in [7, 11) is 0. The normalized spacial score (nSPS) is 13.1. The van der Waals surface area contributed by atoms with E-state index in [4.69, 9.17) is 5.73 Å². The Kier molecular flexibility index (Phi) is 4.14. The number of hydrogen-bond donors (Lipinski definition) is 1. The van der Waals surface area contributed by atoms with E-state index < -0.39 is 0 Å². The summed E-state index contributed by atoms with van der Waals surface area (Å²) in [5, 5.41) is 4.58. The van der Waals surface area contributed by atoms with E-state index in [0.29, 0.717) is 12.6 Å². The maximum atomic E-state index is 5.73. The van der Waals surface area contributed by atoms with Gasteiger partial charge in [-0.05, 0) is 25.3 Å². The fraction of sp³-hybridized carbons (Fsp3) is 0.727. The average Bonchev–Trinajstić information content (AvgIpc) is 2.63. The van der Waals surface area contributed by atoms with Crippen molar-refractivity contribution in [3.05, 3.63) is 17.5 Å². The van der Waals surface area contributed by atoms with E-state index in [-0.39, 0.29) is 0 Å². The average molecular weight is 195 g/mol. The van der Waals surface area contributed by atoms with Gasteiger partial charge in [-0.2, -0.15) is 5.10 Å². The number of nitrogens with two attached hydrogens (primary N) is 1. The Morgan fingerprint density at radius 3 is 2.50 bits per heavy atom. The van der Waals surface area contributed by atoms with Crippen LogP contribution in [0.1, 0.15) is 44.6 Å². The van der Waals surface area contributed by atoms with Crippen molar-refractivity contribution in [2.75, 3.05) is 6.54 Å². The van der Waals surface area contributed by atoms with Crippen LogP contribution in [0.15, 0.2) is 6.07 Å². The third kappa shape index (κ3) is 2.15. The molecule has 0 bridgehead atoms. The molecule has 0 saturated heterocycles. The Balaban J connectivity index is 2.98. The lowest BCUT2D eigenvalue weighted by molar-refractivity contribution is 0.433. The molecule has 0 aromatic carbocycles. The van der Waals surface area contributed by atoms with Gasteiger partial charge in [-0.1, -0.05) is 20.8 Å². The molecular weight excluding hydrogens is 174 g/mol. The minimum Gasteiger partial charge on any atom is -0.328 e. The highest BCUT2D eigenvalue weighted by molar-refractivity contribution is 5.11. The Labute approximate surface area is 86.3 Å². The van der Waals surface area contributed by atoms with Crippen LogP contribution in [0.2, 0.25) is 0 Å². The minimum absolute atomic E-state index is 0.366. The summed E-state index contributed by atoms with van der Waals surface area (Å²) in [4.78, 5) is 0. The van der Waals surface area contributed by atoms with Gasteiger partial charge >= 0.3 is 0 Å². The molecule has 0 saturated carbocycles. The topological polar surface area (TPSA) is 43.8 Å². The third-order valence-corrected chi connectivity index (χ3v) is 2.68. The molecule has 1 rings (SSSR count). The highest BCUT2D eigenvalue weighted by atomic mass is 15.3. The smallest absolute Gasteiger partial charge is 0.0642 e. The maximum absolute atomic E-state index is 5.73. The summed E-state index contributed by atoms with van der Waals surface area (Å²) >= 11 is 0. The number of aromatic nitrogens is 2. The lowest BCUT2D eigenvalue weighted by atomic mass is 10.2. The second-order valence-electron chi connectivity index (χ2n) is 3.58. The lowest BCUT2D eigenvalue weighted by Crippen LogP contribution is -2.21. The maximum Gasteiger partial charge on any atom is 0.0642 e. The molecular formula is C11H21N3. The van der Waals surface area contributed by atoms with Crippen LogP contribution < -0.4 is 5.73 Å². The van der Waals surface area contributed by atoms with Crippen molar-refractivity contribution in [1.82, 2.24) is 9.78 Å². The van der Waals surface area contributed by atoms with E-state index in [9.17, 15) is 0 Å². The summed E-state index contributed by atoms with van der Waals surface area (Å²) in [6, 6.07) is 2.56. The molecule has 1 heterocycles. The van der Waals surface area contributed by atoms with Crippen molar-refractivity contribution in [2.24, 2.45) is 5.73 Å². The monoisotopic (exact) mass is 195 g/mol. The molecule has 80 valence electrons. The van der Waals surface area contributed by atoms with E-state index >= 15 is 0 Å². The Morgan fingerprint density at radius 2 is 2.07 bits per heavy atom. The summed E-state index contributed by atoms with van der Waals surface area (Å²) in [6.07, 6.45) is 3.08. The van der Waals surface area contributed by atoms with E-state index in [2.05, 4.69) is 36.6 Å². The second kappa shape index (κ2) is 5.15. The van der Waals surface area contributed by atoms with Gasteiger partial charge in [-0.3, -0.25) is 4.68 Å². The van der Waals surface area contributed by atoms with Crippen molar-refractivity contribution in [3.8, 4) is 0 Å². The van der Waals surface area contributed by atoms with Crippen molar-refractivity contribution in [3.63, 3.8) is 0 Å². The van der Waals surface area contributed by atoms with Crippen LogP contribution in [0.5, 0.6) is 0 Å². The third-order valence-electron chi connectivity index (χ3n) is 2.68. The molecule has 3 heteroatoms. The van der Waals surface area contributed by atoms with Gasteiger partial charge in [0.15, 0.2) is 0 Å². The molecule has 0 spiro atoms. The molecule has 3 nitrogen and oxygen atoms in total. The molecule has 1 aromatic heterocycles. The van der Waals surface area contributed by atoms with E-state index in [1.54, 1.807) is 0 Å². The van der Waals surface area contributed by atoms with Crippen molar-refractivity contribution in [2.45, 2.75) is 46.1 Å². The first-order valence-electron chi connectivity index (χ1n) is 5.54. The first kappa shape index (κ1) is 11.2. The van der Waals surface area contributed by atoms with E-state index in [1.165, 1.54) is 11.4 Å². The molecule has 0 radical (unpaired) electrons. The molecule has 1 atom stereocenters. The first-order valence-corrected chi connectivity index (χ1v) is 5.54. The minimum atomic E-state index is 0.366. The standard InChI is InChI=1S/C11H21N3/c1-4-9-7-10(5-2)14(13-9)11(6-3)8-12/h7,11H,4-6,8,12H2,1-3H3. The predicted molar refractivity (Wildman–Crippen MR) is 59.4 cm³/mol. The van der Waals surface area contributed by atoms with Gasteiger partial charge in [-0.15, -0.1) is 0 Å². The van der Waals surface area contributed by atoms with Crippen LogP contribution >= 0.6 is 0 Å². The van der Waals surface area contributed by atoms with Crippen molar-refractivity contribution >= 4 is 0 Å². The van der Waals surface area contributed by atoms with Crippen LogP contribution in [-0.2, 0) is 12.8 Å². The quantitative estimate of drug-likeness (QED) is 0.780. The summed E-state index contributed by atoms with van der Waals surface area (Å²) in [5.74, 6) is 0. The van der Waals surface area contributed by atoms with Crippen LogP contribution in [-0.4, -0.2) is 16.3 Å². The summed E-state index contributed by atoms with van der Waals surface area (Å²) in [5.41, 5.74) is 8.21. The van der Waals surface area contributed by atoms with Gasteiger partial charge in [0.25, 0.3) is 0 Å². The molecule has 2 N–H and O–H groups in total. The van der Waals surface area contributed by atoms with Gasteiger partial charge in [0.05, 0.1) is 11.7 Å². The van der Waals surface area contributed by atoms with Crippen LogP contribution in [0.4, 0.5) is 0 Å². The molecule has 0 aliphatic carbocycles. The molecule has 1 unspecified atom stereocenters. The van der Waals surface area contributed by atoms with Gasteiger partial charge in [0.1, 0.15) is 0 Å². The van der Waals surface area contributed by atoms with Gasteiger partial charge in [0, 0.05) is 12.2 Å². The zero-order valence-electron chi connectivity index (χ0n) is 9.45. The molecule has 14 heavy (non-hydrogen) atoms. The van der Waals surface area contributed by atoms with Gasteiger partial charge < -0.3 is 5.73 Å². The molecule has 0 aliphatic heterocycles. The zero-order valence-corrected chi connectivity index (χ0v) is 9.45. The van der Waals surface area contributed by atoms with E-state index in [1.807, 2.05) is 0 Å². The number of rotatable bonds is 5. The molecule has 1 aromatic rings. The lowest BCUT2D eigenvalue weighted by Gasteiger charge is -2.15. The fourth-order valence-electron chi connectivity index (χ4n) is 1.68. The summed E-state index contributed by atoms with van der Waals surface area (Å²) < 4.78 is 2.11. The Hall–Kier alpha value is -0.830. The van der Waals surface area contributed by atoms with Crippen LogP contribution in [0.3, 0.4) is 0 Å². The number of nitrogens with zero attached hydrogens (tertiary/aromatic N) is 2. The van der Waals surface area contributed by atoms with Crippen molar-refractivity contribution in [1.29, 1.82) is 0 Å². The van der Waals surface area contributed by atoms with Crippen LogP contribution in [0.25, 0.3) is 0 Å². The summed E-state index contributed by atoms with van der Waals surface area (Å²) in [6.45, 7) is 7.13. The largest absolute Gasteiger partial charge is 0.328 e. The Bertz CT molecular complexity index is 274. The van der Waals surface area contributed by atoms with Gasteiger partial charge in [-0.25, -0.2) is 0 Å². The molecule has 0 fully saturated rings. The molecule has 0 aliphatic rings. The van der Waals surface area contributed by atoms with E-state index in [0.717, 1.165) is 19.3 Å². The molecule has 0 amide bonds. The number of hydrogen-bond acceptors (Lipinski definition) is 2. The fourth-order valence-corrected chi connectivity index (χ4v) is 1.68. The SMILES string of the molecule is CCc1cc(CC)n(C(CC)CN)n1. The Morgan fingerprint density at radius 1 is 1.36 bits per heavy atom. The van der Waals surface area contributed by atoms with Crippen LogP contribution in [0, 0.1) is 0 Å². The second-order valence-corrected chi connectivity index (χ2v) is 3.58. The van der Waals surface area contributed by atoms with Gasteiger partial charge in [0.2, 0.25) is 0 Å². The van der Waals surface area contributed by atoms with Crippen molar-refractivity contribution < 1.29 is 0 Å². The number of aryl methyl sites for hydroxylation is 2.